The second-order valence-electron chi connectivity index (χ2n) is 3.44. The van der Waals surface area contributed by atoms with Gasteiger partial charge in [-0.15, -0.1) is 5.92 Å². The molecule has 70 valence electrons. The van der Waals surface area contributed by atoms with E-state index < -0.39 is 0 Å². The normalized spacial score (nSPS) is 14.7. The van der Waals surface area contributed by atoms with E-state index in [1.54, 1.807) is 0 Å². The lowest BCUT2D eigenvalue weighted by atomic mass is 9.83. The second kappa shape index (κ2) is 6.54. The molecule has 0 heterocycles. The Bertz CT molecular complexity index is 164. The first-order valence-corrected chi connectivity index (χ1v) is 5.80. The molecule has 0 aliphatic rings. The van der Waals surface area contributed by atoms with Gasteiger partial charge in [-0.1, -0.05) is 35.2 Å². The van der Waals surface area contributed by atoms with Gasteiger partial charge in [-0.3, -0.25) is 0 Å². The van der Waals surface area contributed by atoms with Crippen LogP contribution in [-0.2, 0) is 0 Å². The second-order valence-corrected chi connectivity index (χ2v) is 4.23. The molecule has 0 radical (unpaired) electrons. The van der Waals surface area contributed by atoms with Gasteiger partial charge in [0.05, 0.1) is 0 Å². The standard InChI is InChI=1S/C11H19Br/c1-4-8-11(3,5-2)9-6-7-10-12/h5-7,9-10H2,1-3H3. The van der Waals surface area contributed by atoms with Crippen molar-refractivity contribution in [3.8, 4) is 11.8 Å². The summed E-state index contributed by atoms with van der Waals surface area (Å²) < 4.78 is 0. The summed E-state index contributed by atoms with van der Waals surface area (Å²) in [5.41, 5.74) is 0.261. The third-order valence-corrected chi connectivity index (χ3v) is 2.88. The van der Waals surface area contributed by atoms with Crippen molar-refractivity contribution in [3.05, 3.63) is 0 Å². The van der Waals surface area contributed by atoms with Crippen LogP contribution in [0.3, 0.4) is 0 Å². The van der Waals surface area contributed by atoms with Crippen LogP contribution in [0.2, 0.25) is 0 Å². The van der Waals surface area contributed by atoms with Gasteiger partial charge in [0, 0.05) is 10.7 Å². The Balaban J connectivity index is 3.85. The molecule has 1 heteroatoms. The Morgan fingerprint density at radius 2 is 2.00 bits per heavy atom. The summed E-state index contributed by atoms with van der Waals surface area (Å²) in [6, 6.07) is 0. The zero-order chi connectivity index (χ0) is 9.45. The van der Waals surface area contributed by atoms with E-state index in [1.165, 1.54) is 19.3 Å². The summed E-state index contributed by atoms with van der Waals surface area (Å²) >= 11 is 3.44. The van der Waals surface area contributed by atoms with Crippen molar-refractivity contribution in [1.29, 1.82) is 0 Å². The number of hydrogen-bond acceptors (Lipinski definition) is 0. The quantitative estimate of drug-likeness (QED) is 0.381. The molecule has 0 aliphatic carbocycles. The van der Waals surface area contributed by atoms with Crippen molar-refractivity contribution < 1.29 is 0 Å². The molecular weight excluding hydrogens is 212 g/mol. The molecule has 0 aromatic heterocycles. The summed E-state index contributed by atoms with van der Waals surface area (Å²) in [4.78, 5) is 0. The Kier molecular flexibility index (Phi) is 6.57. The number of unbranched alkanes of at least 4 members (excludes halogenated alkanes) is 1. The van der Waals surface area contributed by atoms with Crippen LogP contribution in [0.4, 0.5) is 0 Å². The molecule has 0 nitrogen and oxygen atoms in total. The number of halogens is 1. The molecule has 1 unspecified atom stereocenters. The van der Waals surface area contributed by atoms with Crippen molar-refractivity contribution in [2.75, 3.05) is 5.33 Å². The van der Waals surface area contributed by atoms with Gasteiger partial charge in [0.15, 0.2) is 0 Å². The molecule has 0 aliphatic heterocycles. The van der Waals surface area contributed by atoms with Crippen LogP contribution < -0.4 is 0 Å². The number of alkyl halides is 1. The van der Waals surface area contributed by atoms with E-state index >= 15 is 0 Å². The van der Waals surface area contributed by atoms with Crippen LogP contribution in [0.15, 0.2) is 0 Å². The van der Waals surface area contributed by atoms with Gasteiger partial charge < -0.3 is 0 Å². The Morgan fingerprint density at radius 1 is 1.33 bits per heavy atom. The van der Waals surface area contributed by atoms with Crippen LogP contribution in [0.25, 0.3) is 0 Å². The molecule has 0 bridgehead atoms. The first-order chi connectivity index (χ1) is 5.68. The molecule has 0 rings (SSSR count). The Labute approximate surface area is 85.3 Å². The number of hydrogen-bond donors (Lipinski definition) is 0. The predicted molar refractivity (Wildman–Crippen MR) is 59.5 cm³/mol. The van der Waals surface area contributed by atoms with Gasteiger partial charge >= 0.3 is 0 Å². The van der Waals surface area contributed by atoms with Gasteiger partial charge in [0.1, 0.15) is 0 Å². The van der Waals surface area contributed by atoms with Gasteiger partial charge in [-0.25, -0.2) is 0 Å². The minimum atomic E-state index is 0.261. The maximum Gasteiger partial charge on any atom is 0.0283 e. The molecule has 0 fully saturated rings. The van der Waals surface area contributed by atoms with Crippen molar-refractivity contribution in [2.45, 2.75) is 46.5 Å². The highest BCUT2D eigenvalue weighted by Crippen LogP contribution is 2.27. The molecule has 0 spiro atoms. The van der Waals surface area contributed by atoms with Crippen molar-refractivity contribution in [1.82, 2.24) is 0 Å². The third kappa shape index (κ3) is 4.83. The van der Waals surface area contributed by atoms with Crippen molar-refractivity contribution >= 4 is 15.9 Å². The maximum atomic E-state index is 3.44. The van der Waals surface area contributed by atoms with Gasteiger partial charge in [-0.2, -0.15) is 0 Å². The summed E-state index contributed by atoms with van der Waals surface area (Å²) in [5, 5.41) is 1.12. The van der Waals surface area contributed by atoms with E-state index in [9.17, 15) is 0 Å². The molecule has 0 N–H and O–H groups in total. The largest absolute Gasteiger partial charge is 0.106 e. The summed E-state index contributed by atoms with van der Waals surface area (Å²) in [5.74, 6) is 6.33. The molecule has 0 amide bonds. The Hall–Kier alpha value is 0.0400. The van der Waals surface area contributed by atoms with E-state index in [0.29, 0.717) is 0 Å². The SMILES string of the molecule is CC#CC(C)(CC)CCCCBr. The highest BCUT2D eigenvalue weighted by molar-refractivity contribution is 9.09. The highest BCUT2D eigenvalue weighted by atomic mass is 79.9. The van der Waals surface area contributed by atoms with Gasteiger partial charge in [0.25, 0.3) is 0 Å². The smallest absolute Gasteiger partial charge is 0.0283 e. The fraction of sp³-hybridized carbons (Fsp3) is 0.818. The lowest BCUT2D eigenvalue weighted by Crippen LogP contribution is -2.12. The van der Waals surface area contributed by atoms with Crippen LogP contribution in [0.5, 0.6) is 0 Å². The topological polar surface area (TPSA) is 0 Å². The first-order valence-electron chi connectivity index (χ1n) is 4.68. The van der Waals surface area contributed by atoms with Crippen LogP contribution in [0, 0.1) is 17.3 Å². The predicted octanol–water partition coefficient (Wildman–Crippen LogP) is 3.99. The average Bonchev–Trinajstić information content (AvgIpc) is 2.06. The zero-order valence-corrected chi connectivity index (χ0v) is 10.00. The van der Waals surface area contributed by atoms with E-state index in [-0.39, 0.29) is 5.41 Å². The van der Waals surface area contributed by atoms with Crippen LogP contribution in [0.1, 0.15) is 46.5 Å². The van der Waals surface area contributed by atoms with E-state index in [1.807, 2.05) is 6.92 Å². The highest BCUT2D eigenvalue weighted by Gasteiger charge is 2.17. The molecule has 0 aromatic carbocycles. The van der Waals surface area contributed by atoms with E-state index in [4.69, 9.17) is 0 Å². The minimum absolute atomic E-state index is 0.261. The molecule has 0 saturated heterocycles. The Morgan fingerprint density at radius 3 is 2.42 bits per heavy atom. The summed E-state index contributed by atoms with van der Waals surface area (Å²) in [7, 11) is 0. The zero-order valence-electron chi connectivity index (χ0n) is 8.41. The van der Waals surface area contributed by atoms with Crippen molar-refractivity contribution in [3.63, 3.8) is 0 Å². The van der Waals surface area contributed by atoms with E-state index in [0.717, 1.165) is 11.8 Å². The molecule has 1 atom stereocenters. The van der Waals surface area contributed by atoms with Crippen LogP contribution in [-0.4, -0.2) is 5.33 Å². The molecule has 0 aromatic rings. The molecular formula is C11H19Br. The third-order valence-electron chi connectivity index (χ3n) is 2.32. The molecule has 12 heavy (non-hydrogen) atoms. The average molecular weight is 231 g/mol. The van der Waals surface area contributed by atoms with Crippen molar-refractivity contribution in [2.24, 2.45) is 5.41 Å². The summed E-state index contributed by atoms with van der Waals surface area (Å²) in [6.45, 7) is 6.41. The van der Waals surface area contributed by atoms with Gasteiger partial charge in [-0.05, 0) is 33.1 Å². The first kappa shape index (κ1) is 12.0. The molecule has 0 saturated carbocycles. The van der Waals surface area contributed by atoms with Crippen LogP contribution >= 0.6 is 15.9 Å². The van der Waals surface area contributed by atoms with Gasteiger partial charge in [0.2, 0.25) is 0 Å². The lowest BCUT2D eigenvalue weighted by molar-refractivity contribution is 0.382. The monoisotopic (exact) mass is 230 g/mol. The maximum absolute atomic E-state index is 3.44. The minimum Gasteiger partial charge on any atom is -0.106 e. The van der Waals surface area contributed by atoms with E-state index in [2.05, 4.69) is 41.6 Å². The fourth-order valence-corrected chi connectivity index (χ4v) is 1.64. The number of rotatable bonds is 5. The summed E-state index contributed by atoms with van der Waals surface area (Å²) in [6.07, 6.45) is 4.94. The lowest BCUT2D eigenvalue weighted by Gasteiger charge is -2.21. The fourth-order valence-electron chi connectivity index (χ4n) is 1.24.